The Bertz CT molecular complexity index is 495. The van der Waals surface area contributed by atoms with Gasteiger partial charge in [0.1, 0.15) is 5.75 Å². The van der Waals surface area contributed by atoms with E-state index in [1.807, 2.05) is 31.2 Å². The molecule has 4 nitrogen and oxygen atoms in total. The SMILES string of the molecule is Cc1ccc(Oc2cccnc2N=O)cc1. The fourth-order valence-electron chi connectivity index (χ4n) is 1.26. The Kier molecular flexibility index (Phi) is 2.91. The Balaban J connectivity index is 2.26. The van der Waals surface area contributed by atoms with Crippen molar-refractivity contribution in [1.29, 1.82) is 0 Å². The number of rotatable bonds is 3. The van der Waals surface area contributed by atoms with E-state index in [2.05, 4.69) is 10.2 Å². The Labute approximate surface area is 92.9 Å². The maximum absolute atomic E-state index is 10.5. The Morgan fingerprint density at radius 3 is 2.62 bits per heavy atom. The zero-order chi connectivity index (χ0) is 11.4. The summed E-state index contributed by atoms with van der Waals surface area (Å²) in [6.07, 6.45) is 1.50. The smallest absolute Gasteiger partial charge is 0.239 e. The highest BCUT2D eigenvalue weighted by atomic mass is 16.5. The highest BCUT2D eigenvalue weighted by Gasteiger charge is 2.05. The molecule has 1 aromatic carbocycles. The molecule has 1 aromatic heterocycles. The molecule has 2 aromatic rings. The lowest BCUT2D eigenvalue weighted by Gasteiger charge is -2.05. The molecule has 0 aliphatic heterocycles. The highest BCUT2D eigenvalue weighted by Crippen LogP contribution is 2.28. The largest absolute Gasteiger partial charge is 0.453 e. The van der Waals surface area contributed by atoms with Crippen molar-refractivity contribution in [1.82, 2.24) is 4.98 Å². The first-order valence-electron chi connectivity index (χ1n) is 4.82. The summed E-state index contributed by atoms with van der Waals surface area (Å²) in [6.45, 7) is 1.99. The van der Waals surface area contributed by atoms with E-state index in [1.165, 1.54) is 6.20 Å². The summed E-state index contributed by atoms with van der Waals surface area (Å²) in [4.78, 5) is 14.3. The fraction of sp³-hybridized carbons (Fsp3) is 0.0833. The summed E-state index contributed by atoms with van der Waals surface area (Å²) in [5.41, 5.74) is 1.15. The molecule has 4 heteroatoms. The van der Waals surface area contributed by atoms with Crippen LogP contribution >= 0.6 is 0 Å². The van der Waals surface area contributed by atoms with Gasteiger partial charge in [0.15, 0.2) is 5.75 Å². The molecule has 0 aliphatic carbocycles. The van der Waals surface area contributed by atoms with Crippen LogP contribution < -0.4 is 4.74 Å². The maximum Gasteiger partial charge on any atom is 0.239 e. The van der Waals surface area contributed by atoms with Crippen molar-refractivity contribution in [3.8, 4) is 11.5 Å². The molecule has 0 saturated heterocycles. The van der Waals surface area contributed by atoms with E-state index in [0.717, 1.165) is 5.56 Å². The minimum atomic E-state index is 0.0584. The number of hydrogen-bond acceptors (Lipinski definition) is 4. The molecule has 16 heavy (non-hydrogen) atoms. The summed E-state index contributed by atoms with van der Waals surface area (Å²) in [5.74, 6) is 1.08. The average molecular weight is 214 g/mol. The molecule has 0 bridgehead atoms. The van der Waals surface area contributed by atoms with Crippen molar-refractivity contribution in [2.45, 2.75) is 6.92 Å². The molecule has 2 rings (SSSR count). The van der Waals surface area contributed by atoms with Crippen LogP contribution in [0.3, 0.4) is 0 Å². The summed E-state index contributed by atoms with van der Waals surface area (Å²) in [6, 6.07) is 10.9. The number of aryl methyl sites for hydroxylation is 1. The summed E-state index contributed by atoms with van der Waals surface area (Å²) in [7, 11) is 0. The van der Waals surface area contributed by atoms with Crippen molar-refractivity contribution in [3.63, 3.8) is 0 Å². The maximum atomic E-state index is 10.5. The molecule has 80 valence electrons. The highest BCUT2D eigenvalue weighted by molar-refractivity contribution is 5.46. The van der Waals surface area contributed by atoms with Gasteiger partial charge in [-0.2, -0.15) is 0 Å². The van der Waals surface area contributed by atoms with Crippen LogP contribution in [0.1, 0.15) is 5.56 Å². The van der Waals surface area contributed by atoms with Crippen LogP contribution in [0.15, 0.2) is 47.8 Å². The first-order chi connectivity index (χ1) is 7.79. The Morgan fingerprint density at radius 2 is 1.94 bits per heavy atom. The van der Waals surface area contributed by atoms with E-state index in [-0.39, 0.29) is 5.82 Å². The lowest BCUT2D eigenvalue weighted by Crippen LogP contribution is -1.86. The van der Waals surface area contributed by atoms with Gasteiger partial charge in [-0.3, -0.25) is 0 Å². The van der Waals surface area contributed by atoms with Gasteiger partial charge in [0.2, 0.25) is 5.82 Å². The molecule has 0 aliphatic rings. The van der Waals surface area contributed by atoms with Crippen molar-refractivity contribution < 1.29 is 4.74 Å². The van der Waals surface area contributed by atoms with Gasteiger partial charge in [-0.05, 0) is 36.4 Å². The van der Waals surface area contributed by atoms with Crippen LogP contribution in [-0.2, 0) is 0 Å². The van der Waals surface area contributed by atoms with E-state index in [4.69, 9.17) is 4.74 Å². The molecular weight excluding hydrogens is 204 g/mol. The monoisotopic (exact) mass is 214 g/mol. The van der Waals surface area contributed by atoms with E-state index >= 15 is 0 Å². The number of hydrogen-bond donors (Lipinski definition) is 0. The van der Waals surface area contributed by atoms with Gasteiger partial charge >= 0.3 is 0 Å². The molecule has 0 N–H and O–H groups in total. The predicted octanol–water partition coefficient (Wildman–Crippen LogP) is 3.58. The Morgan fingerprint density at radius 1 is 1.19 bits per heavy atom. The lowest BCUT2D eigenvalue weighted by molar-refractivity contribution is 0.482. The van der Waals surface area contributed by atoms with Crippen molar-refractivity contribution >= 4 is 5.82 Å². The molecule has 0 atom stereocenters. The van der Waals surface area contributed by atoms with Gasteiger partial charge < -0.3 is 4.74 Å². The summed E-state index contributed by atoms with van der Waals surface area (Å²) < 4.78 is 5.50. The molecule has 0 amide bonds. The standard InChI is InChI=1S/C12H10N2O2/c1-9-4-6-10(7-5-9)16-11-3-2-8-13-12(11)14-15/h2-8H,1H3. The van der Waals surface area contributed by atoms with Crippen LogP contribution in [0.4, 0.5) is 5.82 Å². The van der Waals surface area contributed by atoms with Gasteiger partial charge in [0.05, 0.1) is 0 Å². The third kappa shape index (κ3) is 2.23. The van der Waals surface area contributed by atoms with Crippen molar-refractivity contribution in [2.75, 3.05) is 0 Å². The quantitative estimate of drug-likeness (QED) is 0.733. The van der Waals surface area contributed by atoms with Crippen LogP contribution in [0.25, 0.3) is 0 Å². The number of benzene rings is 1. The van der Waals surface area contributed by atoms with Gasteiger partial charge in [0, 0.05) is 6.20 Å². The van der Waals surface area contributed by atoms with Crippen molar-refractivity contribution in [3.05, 3.63) is 53.1 Å². The molecule has 0 radical (unpaired) electrons. The van der Waals surface area contributed by atoms with E-state index in [1.54, 1.807) is 12.1 Å². The molecular formula is C12H10N2O2. The third-order valence-corrected chi connectivity index (χ3v) is 2.09. The first-order valence-corrected chi connectivity index (χ1v) is 4.82. The predicted molar refractivity (Wildman–Crippen MR) is 60.9 cm³/mol. The molecule has 1 heterocycles. The van der Waals surface area contributed by atoms with E-state index < -0.39 is 0 Å². The molecule has 0 fully saturated rings. The lowest BCUT2D eigenvalue weighted by atomic mass is 10.2. The molecule has 0 saturated carbocycles. The van der Waals surface area contributed by atoms with Gasteiger partial charge in [0.25, 0.3) is 0 Å². The number of nitroso groups, excluding NO2 is 1. The molecule has 0 spiro atoms. The first kappa shape index (κ1) is 10.3. The summed E-state index contributed by atoms with van der Waals surface area (Å²) >= 11 is 0. The number of ether oxygens (including phenoxy) is 1. The third-order valence-electron chi connectivity index (χ3n) is 2.09. The minimum Gasteiger partial charge on any atom is -0.453 e. The van der Waals surface area contributed by atoms with Crippen LogP contribution in [-0.4, -0.2) is 4.98 Å². The zero-order valence-electron chi connectivity index (χ0n) is 8.75. The molecule has 0 unspecified atom stereocenters. The van der Waals surface area contributed by atoms with E-state index in [9.17, 15) is 4.91 Å². The van der Waals surface area contributed by atoms with Gasteiger partial charge in [-0.25, -0.2) is 4.98 Å². The second kappa shape index (κ2) is 4.53. The fourth-order valence-corrected chi connectivity index (χ4v) is 1.26. The van der Waals surface area contributed by atoms with Crippen LogP contribution in [0.5, 0.6) is 11.5 Å². The van der Waals surface area contributed by atoms with Gasteiger partial charge in [-0.15, -0.1) is 4.91 Å². The zero-order valence-corrected chi connectivity index (χ0v) is 8.75. The number of nitrogens with zero attached hydrogens (tertiary/aromatic N) is 2. The topological polar surface area (TPSA) is 51.6 Å². The summed E-state index contributed by atoms with van der Waals surface area (Å²) in [5, 5.41) is 2.80. The number of aromatic nitrogens is 1. The van der Waals surface area contributed by atoms with Crippen LogP contribution in [0, 0.1) is 11.8 Å². The van der Waals surface area contributed by atoms with Crippen LogP contribution in [0.2, 0.25) is 0 Å². The Hall–Kier alpha value is -2.23. The second-order valence-corrected chi connectivity index (χ2v) is 3.33. The average Bonchev–Trinajstić information content (AvgIpc) is 2.33. The van der Waals surface area contributed by atoms with Crippen molar-refractivity contribution in [2.24, 2.45) is 5.18 Å². The minimum absolute atomic E-state index is 0.0584. The normalized spacial score (nSPS) is 9.81. The second-order valence-electron chi connectivity index (χ2n) is 3.33. The van der Waals surface area contributed by atoms with Gasteiger partial charge in [-0.1, -0.05) is 17.7 Å². The number of pyridine rings is 1. The van der Waals surface area contributed by atoms with E-state index in [0.29, 0.717) is 11.5 Å².